The number of thiazole rings is 1. The topological polar surface area (TPSA) is 51.2 Å². The number of hydrogen-bond donors (Lipinski definition) is 1. The van der Waals surface area contributed by atoms with Crippen molar-refractivity contribution in [2.45, 2.75) is 45.1 Å². The van der Waals surface area contributed by atoms with Crippen LogP contribution in [0.1, 0.15) is 36.4 Å². The highest BCUT2D eigenvalue weighted by molar-refractivity contribution is 7.09. The average Bonchev–Trinajstić information content (AvgIpc) is 2.81. The first-order valence-corrected chi connectivity index (χ1v) is 7.44. The lowest BCUT2D eigenvalue weighted by molar-refractivity contribution is -0.135. The summed E-state index contributed by atoms with van der Waals surface area (Å²) >= 11 is 1.69. The van der Waals surface area contributed by atoms with Gasteiger partial charge in [0.15, 0.2) is 0 Å². The van der Waals surface area contributed by atoms with Gasteiger partial charge in [0.2, 0.25) is 5.91 Å². The van der Waals surface area contributed by atoms with Gasteiger partial charge in [0.05, 0.1) is 5.01 Å². The summed E-state index contributed by atoms with van der Waals surface area (Å²) < 4.78 is 5.44. The van der Waals surface area contributed by atoms with Gasteiger partial charge in [-0.2, -0.15) is 0 Å². The summed E-state index contributed by atoms with van der Waals surface area (Å²) in [6.45, 7) is 3.43. The van der Waals surface area contributed by atoms with Crippen molar-refractivity contribution in [1.82, 2.24) is 10.3 Å². The van der Waals surface area contributed by atoms with Gasteiger partial charge in [0, 0.05) is 30.6 Å². The molecule has 1 unspecified atom stereocenters. The highest BCUT2D eigenvalue weighted by Crippen LogP contribution is 2.13. The second-order valence-corrected chi connectivity index (χ2v) is 5.58. The van der Waals surface area contributed by atoms with Gasteiger partial charge >= 0.3 is 0 Å². The molecule has 2 heterocycles. The van der Waals surface area contributed by atoms with Crippen LogP contribution in [0.2, 0.25) is 0 Å². The van der Waals surface area contributed by atoms with Crippen molar-refractivity contribution in [2.75, 3.05) is 13.2 Å². The van der Waals surface area contributed by atoms with Crippen LogP contribution in [0.5, 0.6) is 0 Å². The summed E-state index contributed by atoms with van der Waals surface area (Å²) in [5.74, 6) is 0.0463. The number of ether oxygens (including phenoxy) is 1. The minimum Gasteiger partial charge on any atom is -0.368 e. The van der Waals surface area contributed by atoms with E-state index in [0.29, 0.717) is 6.54 Å². The maximum absolute atomic E-state index is 11.8. The number of aryl methyl sites for hydroxylation is 2. The van der Waals surface area contributed by atoms with E-state index in [0.717, 1.165) is 49.4 Å². The number of nitrogens with one attached hydrogen (secondary N) is 1. The third kappa shape index (κ3) is 4.07. The normalized spacial score (nSPS) is 19.7. The first-order chi connectivity index (χ1) is 8.75. The van der Waals surface area contributed by atoms with Crippen LogP contribution in [0.4, 0.5) is 0 Å². The molecule has 0 saturated carbocycles. The second kappa shape index (κ2) is 6.85. The Balaban J connectivity index is 1.61. The highest BCUT2D eigenvalue weighted by Gasteiger charge is 2.21. The summed E-state index contributed by atoms with van der Waals surface area (Å²) in [6.07, 6.45) is 4.68. The molecule has 1 aliphatic rings. The van der Waals surface area contributed by atoms with Gasteiger partial charge < -0.3 is 10.1 Å². The molecular formula is C13H20N2O2S. The Hall–Kier alpha value is -0.940. The average molecular weight is 268 g/mol. The molecule has 0 radical (unpaired) electrons. The minimum atomic E-state index is -0.221. The number of aromatic nitrogens is 1. The van der Waals surface area contributed by atoms with E-state index < -0.39 is 0 Å². The summed E-state index contributed by atoms with van der Waals surface area (Å²) in [5, 5.41) is 6.15. The fourth-order valence-electron chi connectivity index (χ4n) is 2.03. The fraction of sp³-hybridized carbons (Fsp3) is 0.692. The lowest BCUT2D eigenvalue weighted by Gasteiger charge is -2.21. The van der Waals surface area contributed by atoms with Crippen molar-refractivity contribution in [2.24, 2.45) is 0 Å². The molecule has 1 amide bonds. The smallest absolute Gasteiger partial charge is 0.249 e. The predicted molar refractivity (Wildman–Crippen MR) is 71.8 cm³/mol. The van der Waals surface area contributed by atoms with E-state index in [2.05, 4.69) is 15.7 Å². The summed E-state index contributed by atoms with van der Waals surface area (Å²) in [7, 11) is 0. The van der Waals surface area contributed by atoms with Crippen LogP contribution in [0, 0.1) is 6.92 Å². The van der Waals surface area contributed by atoms with Gasteiger partial charge in [-0.3, -0.25) is 4.79 Å². The van der Waals surface area contributed by atoms with Crippen molar-refractivity contribution in [1.29, 1.82) is 0 Å². The number of rotatable bonds is 5. The predicted octanol–water partition coefficient (Wildman–Crippen LogP) is 2.07. The van der Waals surface area contributed by atoms with Gasteiger partial charge in [-0.1, -0.05) is 0 Å². The van der Waals surface area contributed by atoms with Gasteiger partial charge in [-0.05, 0) is 32.6 Å². The van der Waals surface area contributed by atoms with Gasteiger partial charge in [-0.25, -0.2) is 4.98 Å². The summed E-state index contributed by atoms with van der Waals surface area (Å²) in [5.41, 5.74) is 1.08. The molecule has 1 aromatic heterocycles. The molecule has 1 fully saturated rings. The maximum atomic E-state index is 11.8. The van der Waals surface area contributed by atoms with Crippen molar-refractivity contribution in [3.63, 3.8) is 0 Å². The zero-order chi connectivity index (χ0) is 12.8. The molecule has 18 heavy (non-hydrogen) atoms. The van der Waals surface area contributed by atoms with Crippen LogP contribution in [-0.2, 0) is 16.0 Å². The van der Waals surface area contributed by atoms with E-state index in [4.69, 9.17) is 4.74 Å². The van der Waals surface area contributed by atoms with E-state index in [9.17, 15) is 4.79 Å². The van der Waals surface area contributed by atoms with Crippen LogP contribution in [0.25, 0.3) is 0 Å². The zero-order valence-electron chi connectivity index (χ0n) is 10.8. The molecule has 0 bridgehead atoms. The van der Waals surface area contributed by atoms with Crippen molar-refractivity contribution in [3.8, 4) is 0 Å². The third-order valence-electron chi connectivity index (χ3n) is 3.01. The van der Waals surface area contributed by atoms with E-state index in [1.54, 1.807) is 11.3 Å². The maximum Gasteiger partial charge on any atom is 0.249 e. The van der Waals surface area contributed by atoms with E-state index >= 15 is 0 Å². The van der Waals surface area contributed by atoms with Crippen molar-refractivity contribution in [3.05, 3.63) is 16.1 Å². The quantitative estimate of drug-likeness (QED) is 0.832. The van der Waals surface area contributed by atoms with Crippen LogP contribution in [-0.4, -0.2) is 30.1 Å². The molecule has 0 aliphatic carbocycles. The Morgan fingerprint density at radius 2 is 2.50 bits per heavy atom. The Morgan fingerprint density at radius 1 is 1.61 bits per heavy atom. The van der Waals surface area contributed by atoms with Gasteiger partial charge in [-0.15, -0.1) is 11.3 Å². The Bertz CT molecular complexity index is 386. The van der Waals surface area contributed by atoms with E-state index in [1.807, 2.05) is 6.92 Å². The Morgan fingerprint density at radius 3 is 3.17 bits per heavy atom. The zero-order valence-corrected chi connectivity index (χ0v) is 11.6. The standard InChI is InChI=1S/C13H20N2O2S/c1-10-9-18-12(15-10)6-4-7-14-13(16)11-5-2-3-8-17-11/h9,11H,2-8H2,1H3,(H,14,16). The first kappa shape index (κ1) is 13.5. The summed E-state index contributed by atoms with van der Waals surface area (Å²) in [4.78, 5) is 16.2. The molecule has 5 heteroatoms. The van der Waals surface area contributed by atoms with Gasteiger partial charge in [0.1, 0.15) is 6.10 Å². The lowest BCUT2D eigenvalue weighted by atomic mass is 10.1. The molecule has 1 N–H and O–H groups in total. The molecular weight excluding hydrogens is 248 g/mol. The van der Waals surface area contributed by atoms with Crippen molar-refractivity contribution < 1.29 is 9.53 Å². The SMILES string of the molecule is Cc1csc(CCCNC(=O)C2CCCCO2)n1. The highest BCUT2D eigenvalue weighted by atomic mass is 32.1. The van der Waals surface area contributed by atoms with Crippen LogP contribution in [0.3, 0.4) is 0 Å². The number of amides is 1. The molecule has 1 saturated heterocycles. The van der Waals surface area contributed by atoms with Crippen molar-refractivity contribution >= 4 is 17.2 Å². The molecule has 1 aliphatic heterocycles. The molecule has 1 aromatic rings. The van der Waals surface area contributed by atoms with Crippen LogP contribution >= 0.6 is 11.3 Å². The second-order valence-electron chi connectivity index (χ2n) is 4.63. The number of carbonyl (C=O) groups is 1. The number of hydrogen-bond acceptors (Lipinski definition) is 4. The first-order valence-electron chi connectivity index (χ1n) is 6.56. The molecule has 100 valence electrons. The molecule has 1 atom stereocenters. The monoisotopic (exact) mass is 268 g/mol. The summed E-state index contributed by atoms with van der Waals surface area (Å²) in [6, 6.07) is 0. The largest absolute Gasteiger partial charge is 0.368 e. The number of carbonyl (C=O) groups excluding carboxylic acids is 1. The minimum absolute atomic E-state index is 0.0463. The molecule has 2 rings (SSSR count). The van der Waals surface area contributed by atoms with Crippen LogP contribution < -0.4 is 5.32 Å². The molecule has 0 aromatic carbocycles. The Labute approximate surface area is 112 Å². The lowest BCUT2D eigenvalue weighted by Crippen LogP contribution is -2.38. The molecule has 0 spiro atoms. The third-order valence-corrected chi connectivity index (χ3v) is 4.03. The fourth-order valence-corrected chi connectivity index (χ4v) is 2.85. The molecule has 4 nitrogen and oxygen atoms in total. The number of nitrogens with zero attached hydrogens (tertiary/aromatic N) is 1. The van der Waals surface area contributed by atoms with E-state index in [-0.39, 0.29) is 12.0 Å². The van der Waals surface area contributed by atoms with E-state index in [1.165, 1.54) is 0 Å². The van der Waals surface area contributed by atoms with Crippen LogP contribution in [0.15, 0.2) is 5.38 Å². The Kier molecular flexibility index (Phi) is 5.13. The van der Waals surface area contributed by atoms with Gasteiger partial charge in [0.25, 0.3) is 0 Å².